The number of ether oxygens (including phenoxy) is 1. The number of pyridine rings is 1. The minimum atomic E-state index is -0.959. The van der Waals surface area contributed by atoms with Gasteiger partial charge in [0.05, 0.1) is 17.8 Å². The molecule has 3 aromatic rings. The van der Waals surface area contributed by atoms with Crippen LogP contribution in [0.2, 0.25) is 0 Å². The highest BCUT2D eigenvalue weighted by atomic mass is 19.2. The molecule has 0 amide bonds. The monoisotopic (exact) mass is 526 g/mol. The van der Waals surface area contributed by atoms with Crippen LogP contribution in [0.15, 0.2) is 91.4 Å². The first kappa shape index (κ1) is 24.7. The molecule has 6 rings (SSSR count). The number of halogens is 3. The number of rotatable bonds is 8. The Labute approximate surface area is 224 Å². The van der Waals surface area contributed by atoms with Gasteiger partial charge in [-0.15, -0.1) is 0 Å². The van der Waals surface area contributed by atoms with E-state index in [1.807, 2.05) is 41.2 Å². The summed E-state index contributed by atoms with van der Waals surface area (Å²) in [6, 6.07) is 18.4. The van der Waals surface area contributed by atoms with Crippen molar-refractivity contribution in [2.75, 3.05) is 19.7 Å². The molecule has 0 fully saturated rings. The van der Waals surface area contributed by atoms with E-state index >= 15 is 0 Å². The summed E-state index contributed by atoms with van der Waals surface area (Å²) in [7, 11) is 0. The lowest BCUT2D eigenvalue weighted by Crippen LogP contribution is -2.21. The fourth-order valence-electron chi connectivity index (χ4n) is 4.70. The van der Waals surface area contributed by atoms with E-state index in [1.165, 1.54) is 24.3 Å². The van der Waals surface area contributed by atoms with E-state index in [0.717, 1.165) is 42.3 Å². The predicted octanol–water partition coefficient (Wildman–Crippen LogP) is 6.78. The molecule has 3 heterocycles. The van der Waals surface area contributed by atoms with E-state index in [2.05, 4.69) is 27.1 Å². The summed E-state index contributed by atoms with van der Waals surface area (Å²) < 4.78 is 49.8. The molecule has 0 bridgehead atoms. The van der Waals surface area contributed by atoms with E-state index < -0.39 is 11.6 Å². The summed E-state index contributed by atoms with van der Waals surface area (Å²) >= 11 is 0. The lowest BCUT2D eigenvalue weighted by molar-refractivity contribution is 0.262. The molecule has 3 aliphatic rings. The van der Waals surface area contributed by atoms with Gasteiger partial charge in [-0.2, -0.15) is 0 Å². The third kappa shape index (κ3) is 5.36. The zero-order valence-corrected chi connectivity index (χ0v) is 21.0. The van der Waals surface area contributed by atoms with Gasteiger partial charge in [0.15, 0.2) is 17.5 Å². The molecular weight excluding hydrogens is 501 g/mol. The van der Waals surface area contributed by atoms with Gasteiger partial charge >= 0.3 is 0 Å². The maximum absolute atomic E-state index is 14.2. The Morgan fingerprint density at radius 1 is 0.872 bits per heavy atom. The molecule has 0 N–H and O–H groups in total. The molecule has 8 heteroatoms. The second-order valence-corrected chi connectivity index (χ2v) is 9.43. The highest BCUT2D eigenvalue weighted by Crippen LogP contribution is 2.32. The van der Waals surface area contributed by atoms with Crippen LogP contribution in [0.3, 0.4) is 0 Å². The van der Waals surface area contributed by atoms with Crippen molar-refractivity contribution >= 4 is 0 Å². The number of hydrogen-bond donors (Lipinski definition) is 0. The summed E-state index contributed by atoms with van der Waals surface area (Å²) in [6.45, 7) is 2.77. The summed E-state index contributed by atoms with van der Waals surface area (Å²) in [5.41, 5.74) is 4.03. The van der Waals surface area contributed by atoms with Gasteiger partial charge in [0.25, 0.3) is 0 Å². The quantitative estimate of drug-likeness (QED) is 0.224. The molecule has 0 saturated heterocycles. The van der Waals surface area contributed by atoms with Crippen molar-refractivity contribution in [1.29, 1.82) is 0 Å². The summed E-state index contributed by atoms with van der Waals surface area (Å²) in [5, 5.41) is 0. The lowest BCUT2D eigenvalue weighted by atomic mass is 10.0. The molecular formula is C31H25F3N4O. The van der Waals surface area contributed by atoms with Crippen LogP contribution in [0.5, 0.6) is 5.75 Å². The van der Waals surface area contributed by atoms with E-state index in [1.54, 1.807) is 12.1 Å². The van der Waals surface area contributed by atoms with Crippen molar-refractivity contribution in [3.05, 3.63) is 114 Å². The average molecular weight is 527 g/mol. The van der Waals surface area contributed by atoms with Crippen LogP contribution in [-0.4, -0.2) is 39.1 Å². The molecule has 0 aromatic heterocycles. The maximum atomic E-state index is 14.2. The van der Waals surface area contributed by atoms with Crippen LogP contribution in [0.4, 0.5) is 13.2 Å². The lowest BCUT2D eigenvalue weighted by Gasteiger charge is -2.17. The number of aromatic nitrogens is 3. The third-order valence-corrected chi connectivity index (χ3v) is 6.73. The number of hydrogen-bond acceptors (Lipinski definition) is 4. The molecule has 0 unspecified atom stereocenters. The van der Waals surface area contributed by atoms with E-state index in [0.29, 0.717) is 30.3 Å². The van der Waals surface area contributed by atoms with E-state index in [9.17, 15) is 13.2 Å². The normalized spacial score (nSPS) is 12.9. The fraction of sp³-hybridized carbons (Fsp3) is 0.161. The second-order valence-electron chi connectivity index (χ2n) is 9.43. The maximum Gasteiger partial charge on any atom is 0.169 e. The van der Waals surface area contributed by atoms with Crippen molar-refractivity contribution < 1.29 is 17.9 Å². The van der Waals surface area contributed by atoms with Crippen LogP contribution >= 0.6 is 0 Å². The number of fused-ring (bicyclic) bond motifs is 1. The predicted molar refractivity (Wildman–Crippen MR) is 144 cm³/mol. The third-order valence-electron chi connectivity index (χ3n) is 6.73. The zero-order valence-electron chi connectivity index (χ0n) is 21.0. The minimum absolute atomic E-state index is 0.0327. The van der Waals surface area contributed by atoms with Gasteiger partial charge in [0, 0.05) is 37.1 Å². The standard InChI is InChI=1S/C31H25F3N4O/c32-23-10-11-24(29(18-23)39-17-16-37-13-1-2-14-37)22-8-6-21(7-9-22)19-38-15-12-27-28(20-38)36-31(35-27)25-4-3-5-26(33)30(25)34/h1,3-13,15,18,20H,2,14,16-17,19H2. The Hall–Kier alpha value is -4.59. The Morgan fingerprint density at radius 3 is 2.54 bits per heavy atom. The number of imidazole rings is 1. The molecule has 3 aromatic carbocycles. The number of benzene rings is 3. The first-order valence-electron chi connectivity index (χ1n) is 12.7. The summed E-state index contributed by atoms with van der Waals surface area (Å²) in [6.07, 6.45) is 8.94. The molecule has 0 saturated carbocycles. The van der Waals surface area contributed by atoms with Gasteiger partial charge in [0.1, 0.15) is 23.9 Å². The van der Waals surface area contributed by atoms with E-state index in [-0.39, 0.29) is 17.2 Å². The Kier molecular flexibility index (Phi) is 6.75. The van der Waals surface area contributed by atoms with Crippen LogP contribution in [0.25, 0.3) is 33.9 Å². The molecule has 0 atom stereocenters. The minimum Gasteiger partial charge on any atom is -0.491 e. The number of nitrogens with zero attached hydrogens (tertiary/aromatic N) is 4. The largest absolute Gasteiger partial charge is 0.491 e. The molecule has 0 spiro atoms. The first-order chi connectivity index (χ1) is 19.0. The molecule has 196 valence electrons. The molecule has 0 aliphatic carbocycles. The summed E-state index contributed by atoms with van der Waals surface area (Å²) in [4.78, 5) is 11.0. The van der Waals surface area contributed by atoms with Crippen molar-refractivity contribution in [1.82, 2.24) is 19.4 Å². The fourth-order valence-corrected chi connectivity index (χ4v) is 4.70. The molecule has 39 heavy (non-hydrogen) atoms. The van der Waals surface area contributed by atoms with Gasteiger partial charge in [-0.1, -0.05) is 36.4 Å². The Morgan fingerprint density at radius 2 is 1.72 bits per heavy atom. The van der Waals surface area contributed by atoms with Gasteiger partial charge in [-0.25, -0.2) is 23.1 Å². The zero-order chi connectivity index (χ0) is 26.8. The molecule has 3 aliphatic heterocycles. The van der Waals surface area contributed by atoms with E-state index in [4.69, 9.17) is 4.74 Å². The molecule has 5 nitrogen and oxygen atoms in total. The SMILES string of the molecule is Fc1ccc(-c2ccc(Cn3ccc4nc(-c5cccc(F)c5F)nc-4c3)cc2)c(OCCN2C=CCC2)c1. The first-order valence-corrected chi connectivity index (χ1v) is 12.7. The van der Waals surface area contributed by atoms with Crippen LogP contribution in [0, 0.1) is 17.5 Å². The molecule has 0 radical (unpaired) electrons. The topological polar surface area (TPSA) is 43.2 Å². The van der Waals surface area contributed by atoms with Gasteiger partial charge in [-0.05, 0) is 54.1 Å². The van der Waals surface area contributed by atoms with Crippen LogP contribution in [0.1, 0.15) is 12.0 Å². The van der Waals surface area contributed by atoms with Crippen LogP contribution < -0.4 is 4.74 Å². The van der Waals surface area contributed by atoms with Crippen molar-refractivity contribution in [2.24, 2.45) is 0 Å². The van der Waals surface area contributed by atoms with Crippen molar-refractivity contribution in [3.8, 4) is 39.7 Å². The van der Waals surface area contributed by atoms with Gasteiger partial charge in [-0.3, -0.25) is 0 Å². The Balaban J connectivity index is 1.18. The van der Waals surface area contributed by atoms with Gasteiger partial charge in [0.2, 0.25) is 0 Å². The summed E-state index contributed by atoms with van der Waals surface area (Å²) in [5.74, 6) is -1.56. The highest BCUT2D eigenvalue weighted by molar-refractivity contribution is 5.71. The van der Waals surface area contributed by atoms with Gasteiger partial charge < -0.3 is 14.2 Å². The average Bonchev–Trinajstić information content (AvgIpc) is 3.61. The van der Waals surface area contributed by atoms with Crippen molar-refractivity contribution in [3.63, 3.8) is 0 Å². The van der Waals surface area contributed by atoms with Crippen LogP contribution in [-0.2, 0) is 6.54 Å². The highest BCUT2D eigenvalue weighted by Gasteiger charge is 2.17. The smallest absolute Gasteiger partial charge is 0.169 e. The second kappa shape index (κ2) is 10.6. The van der Waals surface area contributed by atoms with Crippen molar-refractivity contribution in [2.45, 2.75) is 13.0 Å². The Bertz CT molecular complexity index is 1610.